The molecule has 0 radical (unpaired) electrons. The average molecular weight is 350 g/mol. The molecule has 2 N–H and O–H groups in total. The Morgan fingerprint density at radius 2 is 2.19 bits per heavy atom. The summed E-state index contributed by atoms with van der Waals surface area (Å²) < 4.78 is 7.64. The second-order valence-electron chi connectivity index (χ2n) is 6.44. The maximum absolute atomic E-state index is 5.60. The number of hydrogen-bond acceptors (Lipinski definition) is 6. The van der Waals surface area contributed by atoms with Gasteiger partial charge in [0.1, 0.15) is 18.0 Å². The lowest BCUT2D eigenvalue weighted by Crippen LogP contribution is -2.30. The first kappa shape index (κ1) is 16.7. The molecule has 0 spiro atoms. The quantitative estimate of drug-likeness (QED) is 0.713. The first-order valence-corrected chi connectivity index (χ1v) is 8.79. The summed E-state index contributed by atoms with van der Waals surface area (Å²) in [4.78, 5) is 13.7. The molecular formula is C19H22N6O. The molecule has 0 saturated heterocycles. The number of fused-ring (bicyclic) bond motifs is 1. The molecule has 2 aromatic heterocycles. The summed E-state index contributed by atoms with van der Waals surface area (Å²) in [5.74, 6) is 0.849. The van der Waals surface area contributed by atoms with Gasteiger partial charge in [-0.2, -0.15) is 0 Å². The van der Waals surface area contributed by atoms with Crippen molar-refractivity contribution < 1.29 is 4.74 Å². The Balaban J connectivity index is 1.60. The predicted octanol–water partition coefficient (Wildman–Crippen LogP) is 2.20. The zero-order valence-corrected chi connectivity index (χ0v) is 14.9. The highest BCUT2D eigenvalue weighted by atomic mass is 16.5. The van der Waals surface area contributed by atoms with Crippen LogP contribution in [0.4, 0.5) is 0 Å². The molecule has 0 saturated carbocycles. The maximum Gasteiger partial charge on any atom is 0.163 e. The van der Waals surface area contributed by atoms with E-state index in [2.05, 4.69) is 33.0 Å². The van der Waals surface area contributed by atoms with E-state index in [1.54, 1.807) is 0 Å². The molecule has 0 amide bonds. The number of aromatic nitrogens is 3. The second-order valence-corrected chi connectivity index (χ2v) is 6.44. The number of hydrazine groups is 1. The lowest BCUT2D eigenvalue weighted by molar-refractivity contribution is 0.0809. The van der Waals surface area contributed by atoms with E-state index >= 15 is 0 Å². The van der Waals surface area contributed by atoms with E-state index in [0.29, 0.717) is 13.3 Å². The van der Waals surface area contributed by atoms with Crippen LogP contribution >= 0.6 is 0 Å². The van der Waals surface area contributed by atoms with Gasteiger partial charge in [0.05, 0.1) is 24.6 Å². The number of nitrogens with one attached hydrogen (secondary N) is 2. The van der Waals surface area contributed by atoms with Gasteiger partial charge in [0.25, 0.3) is 0 Å². The third-order valence-corrected chi connectivity index (χ3v) is 4.17. The molecule has 0 aliphatic carbocycles. The smallest absolute Gasteiger partial charge is 0.163 e. The molecule has 26 heavy (non-hydrogen) atoms. The standard InChI is InChI=1S/C19H22N6O/c1-13(2)26-9-7-15-11-20-19-17(23-15)6-8-25(19)16-5-3-4-14(10-16)18-21-12-22-24-18/h3-6,8,10-11,13,22H,7,9,12H2,1-2H3,(H,21,24). The van der Waals surface area contributed by atoms with Crippen molar-refractivity contribution in [1.82, 2.24) is 25.4 Å². The summed E-state index contributed by atoms with van der Waals surface area (Å²) in [5, 5.41) is 0. The third-order valence-electron chi connectivity index (χ3n) is 4.17. The predicted molar refractivity (Wildman–Crippen MR) is 101 cm³/mol. The molecular weight excluding hydrogens is 328 g/mol. The van der Waals surface area contributed by atoms with Gasteiger partial charge in [-0.05, 0) is 32.0 Å². The lowest BCUT2D eigenvalue weighted by Gasteiger charge is -2.09. The van der Waals surface area contributed by atoms with Gasteiger partial charge < -0.3 is 10.2 Å². The molecule has 0 fully saturated rings. The van der Waals surface area contributed by atoms with Crippen LogP contribution in [0.15, 0.2) is 47.7 Å². The van der Waals surface area contributed by atoms with Crippen LogP contribution in [0.3, 0.4) is 0 Å². The molecule has 1 aliphatic heterocycles. The van der Waals surface area contributed by atoms with Crippen molar-refractivity contribution in [3.05, 3.63) is 54.0 Å². The van der Waals surface area contributed by atoms with Gasteiger partial charge in [-0.25, -0.2) is 20.4 Å². The fraction of sp³-hybridized carbons (Fsp3) is 0.316. The van der Waals surface area contributed by atoms with E-state index < -0.39 is 0 Å². The average Bonchev–Trinajstić information content (AvgIpc) is 3.31. The van der Waals surface area contributed by atoms with Gasteiger partial charge in [0, 0.05) is 23.9 Å². The lowest BCUT2D eigenvalue weighted by atomic mass is 10.2. The third kappa shape index (κ3) is 3.44. The number of nitrogens with zero attached hydrogens (tertiary/aromatic N) is 4. The van der Waals surface area contributed by atoms with E-state index in [1.807, 2.05) is 49.0 Å². The molecule has 134 valence electrons. The fourth-order valence-corrected chi connectivity index (χ4v) is 2.92. The van der Waals surface area contributed by atoms with Crippen LogP contribution in [-0.2, 0) is 11.2 Å². The Labute approximate surface area is 152 Å². The zero-order chi connectivity index (χ0) is 17.9. The Bertz CT molecular complexity index is 946. The van der Waals surface area contributed by atoms with Gasteiger partial charge in [-0.1, -0.05) is 12.1 Å². The number of amidine groups is 1. The van der Waals surface area contributed by atoms with Crippen LogP contribution in [0.5, 0.6) is 0 Å². The first-order valence-electron chi connectivity index (χ1n) is 8.79. The minimum Gasteiger partial charge on any atom is -0.378 e. The highest BCUT2D eigenvalue weighted by molar-refractivity contribution is 5.99. The summed E-state index contributed by atoms with van der Waals surface area (Å²) in [5.41, 5.74) is 10.8. The Kier molecular flexibility index (Phi) is 4.64. The largest absolute Gasteiger partial charge is 0.378 e. The fourth-order valence-electron chi connectivity index (χ4n) is 2.92. The molecule has 0 atom stereocenters. The highest BCUT2D eigenvalue weighted by Gasteiger charge is 2.11. The van der Waals surface area contributed by atoms with Crippen LogP contribution in [-0.4, -0.2) is 39.8 Å². The molecule has 3 heterocycles. The zero-order valence-electron chi connectivity index (χ0n) is 14.9. The number of aliphatic imine (C=N–C) groups is 1. The highest BCUT2D eigenvalue weighted by Crippen LogP contribution is 2.19. The van der Waals surface area contributed by atoms with Gasteiger partial charge in [-0.3, -0.25) is 4.57 Å². The summed E-state index contributed by atoms with van der Waals surface area (Å²) in [6.07, 6.45) is 4.83. The second kappa shape index (κ2) is 7.23. The van der Waals surface area contributed by atoms with Crippen LogP contribution in [0.1, 0.15) is 25.1 Å². The van der Waals surface area contributed by atoms with Crippen molar-refractivity contribution in [2.45, 2.75) is 26.4 Å². The van der Waals surface area contributed by atoms with Gasteiger partial charge >= 0.3 is 0 Å². The van der Waals surface area contributed by atoms with E-state index in [4.69, 9.17) is 9.72 Å². The molecule has 4 rings (SSSR count). The first-order chi connectivity index (χ1) is 12.7. The summed E-state index contributed by atoms with van der Waals surface area (Å²) in [6, 6.07) is 10.2. The van der Waals surface area contributed by atoms with E-state index in [1.165, 1.54) is 0 Å². The van der Waals surface area contributed by atoms with Crippen LogP contribution in [0.2, 0.25) is 0 Å². The topological polar surface area (TPSA) is 76.4 Å². The molecule has 7 heteroatoms. The minimum atomic E-state index is 0.231. The van der Waals surface area contributed by atoms with E-state index in [0.717, 1.165) is 40.4 Å². The Morgan fingerprint density at radius 3 is 3.00 bits per heavy atom. The number of benzene rings is 1. The normalized spacial score (nSPS) is 14.0. The van der Waals surface area contributed by atoms with Gasteiger partial charge in [-0.15, -0.1) is 0 Å². The molecule has 0 unspecified atom stereocenters. The molecule has 0 bridgehead atoms. The van der Waals surface area contributed by atoms with E-state index in [-0.39, 0.29) is 6.10 Å². The van der Waals surface area contributed by atoms with Gasteiger partial charge in [0.15, 0.2) is 5.65 Å². The summed E-state index contributed by atoms with van der Waals surface area (Å²) in [7, 11) is 0. The molecule has 1 aliphatic rings. The number of ether oxygens (including phenoxy) is 1. The van der Waals surface area contributed by atoms with Crippen molar-refractivity contribution in [3.8, 4) is 5.69 Å². The molecule has 1 aromatic carbocycles. The summed E-state index contributed by atoms with van der Waals surface area (Å²) >= 11 is 0. The SMILES string of the molecule is CC(C)OCCc1cnc2c(ccn2-c2cccc(C3=NCNN3)c2)n1. The van der Waals surface area contributed by atoms with Gasteiger partial charge in [0.2, 0.25) is 0 Å². The van der Waals surface area contributed by atoms with Crippen LogP contribution in [0.25, 0.3) is 16.9 Å². The van der Waals surface area contributed by atoms with Crippen molar-refractivity contribution in [3.63, 3.8) is 0 Å². The van der Waals surface area contributed by atoms with Crippen molar-refractivity contribution in [2.75, 3.05) is 13.3 Å². The van der Waals surface area contributed by atoms with Crippen molar-refractivity contribution >= 4 is 17.0 Å². The summed E-state index contributed by atoms with van der Waals surface area (Å²) in [6.45, 7) is 5.31. The van der Waals surface area contributed by atoms with Crippen molar-refractivity contribution in [2.24, 2.45) is 4.99 Å². The Morgan fingerprint density at radius 1 is 1.27 bits per heavy atom. The number of rotatable bonds is 6. The maximum atomic E-state index is 5.60. The minimum absolute atomic E-state index is 0.231. The Hall–Kier alpha value is -2.77. The molecule has 3 aromatic rings. The van der Waals surface area contributed by atoms with E-state index in [9.17, 15) is 0 Å². The molecule has 7 nitrogen and oxygen atoms in total. The van der Waals surface area contributed by atoms with Crippen LogP contribution < -0.4 is 10.9 Å². The van der Waals surface area contributed by atoms with Crippen molar-refractivity contribution in [1.29, 1.82) is 0 Å². The van der Waals surface area contributed by atoms with Crippen LogP contribution in [0, 0.1) is 0 Å². The monoisotopic (exact) mass is 350 g/mol. The number of hydrogen-bond donors (Lipinski definition) is 2.